The second-order valence-corrected chi connectivity index (χ2v) is 5.98. The number of hydrogen-bond acceptors (Lipinski definition) is 4. The lowest BCUT2D eigenvalue weighted by atomic mass is 9.88. The van der Waals surface area contributed by atoms with Crippen molar-refractivity contribution in [2.24, 2.45) is 0 Å². The number of ether oxygens (including phenoxy) is 2. The number of fused-ring (bicyclic) bond motifs is 1. The van der Waals surface area contributed by atoms with Gasteiger partial charge in [0.05, 0.1) is 24.8 Å². The van der Waals surface area contributed by atoms with E-state index in [0.717, 1.165) is 19.3 Å². The van der Waals surface area contributed by atoms with Crippen molar-refractivity contribution in [3.05, 3.63) is 59.2 Å². The number of amides is 1. The summed E-state index contributed by atoms with van der Waals surface area (Å²) in [6, 6.07) is 15.2. The predicted molar refractivity (Wildman–Crippen MR) is 93.5 cm³/mol. The monoisotopic (exact) mass is 336 g/mol. The van der Waals surface area contributed by atoms with Crippen LogP contribution in [0.5, 0.6) is 11.5 Å². The molecule has 0 aromatic heterocycles. The van der Waals surface area contributed by atoms with Gasteiger partial charge in [-0.1, -0.05) is 24.3 Å². The van der Waals surface area contributed by atoms with E-state index in [4.69, 9.17) is 14.7 Å². The standard InChI is InChI=1S/C20H20N2O3/c1-24-19-11-14(12-21)9-10-18(19)25-13-20(23)22-17-8-4-6-15-5-2-3-7-16(15)17/h2-3,5,7,9-11,17H,4,6,8,13H2,1H3,(H,22,23)/t17-/m1/s1. The van der Waals surface area contributed by atoms with Crippen LogP contribution in [0.2, 0.25) is 0 Å². The molecule has 5 nitrogen and oxygen atoms in total. The van der Waals surface area contributed by atoms with Gasteiger partial charge in [-0.2, -0.15) is 5.26 Å². The molecule has 0 unspecified atom stereocenters. The molecule has 25 heavy (non-hydrogen) atoms. The van der Waals surface area contributed by atoms with Gasteiger partial charge in [-0.15, -0.1) is 0 Å². The molecule has 0 aliphatic heterocycles. The Bertz CT molecular complexity index is 811. The number of hydrogen-bond donors (Lipinski definition) is 1. The Kier molecular flexibility index (Phi) is 5.20. The Morgan fingerprint density at radius 1 is 1.28 bits per heavy atom. The smallest absolute Gasteiger partial charge is 0.258 e. The minimum Gasteiger partial charge on any atom is -0.493 e. The Hall–Kier alpha value is -3.00. The highest BCUT2D eigenvalue weighted by Gasteiger charge is 2.21. The van der Waals surface area contributed by atoms with Crippen LogP contribution < -0.4 is 14.8 Å². The number of rotatable bonds is 5. The second kappa shape index (κ2) is 7.71. The number of carbonyl (C=O) groups is 1. The molecule has 1 amide bonds. The van der Waals surface area contributed by atoms with Gasteiger partial charge in [-0.05, 0) is 42.5 Å². The zero-order valence-electron chi connectivity index (χ0n) is 14.1. The van der Waals surface area contributed by atoms with Crippen molar-refractivity contribution in [1.82, 2.24) is 5.32 Å². The molecule has 128 valence electrons. The third-order valence-electron chi connectivity index (χ3n) is 4.36. The molecule has 2 aromatic carbocycles. The summed E-state index contributed by atoms with van der Waals surface area (Å²) in [4.78, 5) is 12.3. The van der Waals surface area contributed by atoms with E-state index in [2.05, 4.69) is 17.4 Å². The molecule has 1 atom stereocenters. The molecule has 0 saturated heterocycles. The summed E-state index contributed by atoms with van der Waals surface area (Å²) in [6.07, 6.45) is 3.05. The van der Waals surface area contributed by atoms with Gasteiger partial charge in [0.1, 0.15) is 0 Å². The number of carbonyl (C=O) groups excluding carboxylic acids is 1. The van der Waals surface area contributed by atoms with Gasteiger partial charge in [0.25, 0.3) is 5.91 Å². The molecule has 0 radical (unpaired) electrons. The normalized spacial score (nSPS) is 15.6. The Morgan fingerprint density at radius 2 is 2.12 bits per heavy atom. The molecule has 1 aliphatic rings. The third kappa shape index (κ3) is 3.92. The Balaban J connectivity index is 1.62. The molecule has 0 bridgehead atoms. The summed E-state index contributed by atoms with van der Waals surface area (Å²) < 4.78 is 10.8. The first-order valence-corrected chi connectivity index (χ1v) is 8.29. The summed E-state index contributed by atoms with van der Waals surface area (Å²) in [5.41, 5.74) is 2.97. The second-order valence-electron chi connectivity index (χ2n) is 5.98. The fraction of sp³-hybridized carbons (Fsp3) is 0.300. The summed E-state index contributed by atoms with van der Waals surface area (Å²) in [5.74, 6) is 0.712. The van der Waals surface area contributed by atoms with E-state index >= 15 is 0 Å². The minimum atomic E-state index is -0.173. The maximum atomic E-state index is 12.3. The third-order valence-corrected chi connectivity index (χ3v) is 4.36. The van der Waals surface area contributed by atoms with E-state index in [1.54, 1.807) is 18.2 Å². The van der Waals surface area contributed by atoms with Gasteiger partial charge in [0.2, 0.25) is 0 Å². The van der Waals surface area contributed by atoms with Crippen molar-refractivity contribution >= 4 is 5.91 Å². The van der Waals surface area contributed by atoms with Crippen LogP contribution in [-0.4, -0.2) is 19.6 Å². The van der Waals surface area contributed by atoms with E-state index in [9.17, 15) is 4.79 Å². The van der Waals surface area contributed by atoms with E-state index in [1.165, 1.54) is 18.2 Å². The highest BCUT2D eigenvalue weighted by molar-refractivity contribution is 5.78. The van der Waals surface area contributed by atoms with E-state index in [-0.39, 0.29) is 18.6 Å². The zero-order chi connectivity index (χ0) is 17.6. The first kappa shape index (κ1) is 16.8. The number of nitriles is 1. The van der Waals surface area contributed by atoms with Crippen molar-refractivity contribution in [1.29, 1.82) is 5.26 Å². The first-order valence-electron chi connectivity index (χ1n) is 8.29. The van der Waals surface area contributed by atoms with E-state index in [0.29, 0.717) is 17.1 Å². The molecule has 5 heteroatoms. The van der Waals surface area contributed by atoms with Crippen molar-refractivity contribution in [2.75, 3.05) is 13.7 Å². The summed E-state index contributed by atoms with van der Waals surface area (Å²) in [6.45, 7) is -0.0963. The first-order chi connectivity index (χ1) is 12.2. The van der Waals surface area contributed by atoms with Gasteiger partial charge in [-0.25, -0.2) is 0 Å². The van der Waals surface area contributed by atoms with Crippen LogP contribution in [-0.2, 0) is 11.2 Å². The van der Waals surface area contributed by atoms with Crippen LogP contribution in [0.1, 0.15) is 35.6 Å². The average Bonchev–Trinajstić information content (AvgIpc) is 2.66. The van der Waals surface area contributed by atoms with Gasteiger partial charge in [0.15, 0.2) is 18.1 Å². The van der Waals surface area contributed by atoms with Crippen LogP contribution >= 0.6 is 0 Å². The fourth-order valence-electron chi connectivity index (χ4n) is 3.14. The lowest BCUT2D eigenvalue weighted by Crippen LogP contribution is -2.34. The molecule has 1 N–H and O–H groups in total. The largest absolute Gasteiger partial charge is 0.493 e. The van der Waals surface area contributed by atoms with Gasteiger partial charge < -0.3 is 14.8 Å². The van der Waals surface area contributed by atoms with Gasteiger partial charge >= 0.3 is 0 Å². The molecule has 3 rings (SSSR count). The molecule has 2 aromatic rings. The maximum absolute atomic E-state index is 12.3. The molecule has 0 fully saturated rings. The number of aryl methyl sites for hydroxylation is 1. The molecule has 0 saturated carbocycles. The predicted octanol–water partition coefficient (Wildman–Crippen LogP) is 3.14. The van der Waals surface area contributed by atoms with Crippen molar-refractivity contribution in [3.8, 4) is 17.6 Å². The summed E-state index contributed by atoms with van der Waals surface area (Å²) in [5, 5.41) is 12.0. The maximum Gasteiger partial charge on any atom is 0.258 e. The van der Waals surface area contributed by atoms with Crippen LogP contribution in [0.25, 0.3) is 0 Å². The fourth-order valence-corrected chi connectivity index (χ4v) is 3.14. The van der Waals surface area contributed by atoms with E-state index in [1.807, 2.05) is 18.2 Å². The van der Waals surface area contributed by atoms with Crippen LogP contribution in [0, 0.1) is 11.3 Å². The zero-order valence-corrected chi connectivity index (χ0v) is 14.1. The minimum absolute atomic E-state index is 0.0314. The summed E-state index contributed by atoms with van der Waals surface area (Å²) >= 11 is 0. The van der Waals surface area contributed by atoms with Crippen LogP contribution in [0.15, 0.2) is 42.5 Å². The molecular formula is C20H20N2O3. The van der Waals surface area contributed by atoms with Crippen LogP contribution in [0.4, 0.5) is 0 Å². The number of nitrogens with one attached hydrogen (secondary N) is 1. The summed E-state index contributed by atoms with van der Waals surface area (Å²) in [7, 11) is 1.50. The molecule has 0 spiro atoms. The van der Waals surface area contributed by atoms with Gasteiger partial charge in [-0.3, -0.25) is 4.79 Å². The molecular weight excluding hydrogens is 316 g/mol. The lowest BCUT2D eigenvalue weighted by molar-refractivity contribution is -0.124. The van der Waals surface area contributed by atoms with Crippen molar-refractivity contribution in [2.45, 2.75) is 25.3 Å². The Morgan fingerprint density at radius 3 is 2.92 bits per heavy atom. The van der Waals surface area contributed by atoms with Crippen molar-refractivity contribution in [3.63, 3.8) is 0 Å². The van der Waals surface area contributed by atoms with Gasteiger partial charge in [0, 0.05) is 6.07 Å². The number of benzene rings is 2. The highest BCUT2D eigenvalue weighted by Crippen LogP contribution is 2.30. The quantitative estimate of drug-likeness (QED) is 0.910. The lowest BCUT2D eigenvalue weighted by Gasteiger charge is -2.26. The SMILES string of the molecule is COc1cc(C#N)ccc1OCC(=O)N[C@@H]1CCCc2ccccc21. The number of methoxy groups -OCH3 is 1. The average molecular weight is 336 g/mol. The van der Waals surface area contributed by atoms with Crippen LogP contribution in [0.3, 0.4) is 0 Å². The topological polar surface area (TPSA) is 71.3 Å². The Labute approximate surface area is 147 Å². The van der Waals surface area contributed by atoms with Crippen molar-refractivity contribution < 1.29 is 14.3 Å². The molecule has 0 heterocycles. The van der Waals surface area contributed by atoms with E-state index < -0.39 is 0 Å². The number of nitrogens with zero attached hydrogens (tertiary/aromatic N) is 1. The molecule has 1 aliphatic carbocycles. The highest BCUT2D eigenvalue weighted by atomic mass is 16.5.